The van der Waals surface area contributed by atoms with Crippen molar-refractivity contribution in [1.29, 1.82) is 0 Å². The van der Waals surface area contributed by atoms with Crippen molar-refractivity contribution in [3.05, 3.63) is 76.0 Å². The van der Waals surface area contributed by atoms with Gasteiger partial charge in [0.25, 0.3) is 11.5 Å². The monoisotopic (exact) mass is 325 g/mol. The summed E-state index contributed by atoms with van der Waals surface area (Å²) in [4.78, 5) is 24.3. The van der Waals surface area contributed by atoms with Crippen LogP contribution in [0.4, 0.5) is 4.39 Å². The van der Waals surface area contributed by atoms with E-state index in [9.17, 15) is 14.0 Å². The summed E-state index contributed by atoms with van der Waals surface area (Å²) in [6, 6.07) is 11.6. The number of nitrogens with one attached hydrogen (secondary N) is 1. The van der Waals surface area contributed by atoms with Crippen molar-refractivity contribution < 1.29 is 9.18 Å². The number of carbonyl (C=O) groups excluding carboxylic acids is 1. The van der Waals surface area contributed by atoms with Gasteiger partial charge < -0.3 is 5.32 Å². The van der Waals surface area contributed by atoms with E-state index < -0.39 is 11.7 Å². The lowest BCUT2D eigenvalue weighted by atomic mass is 10.1. The Morgan fingerprint density at radius 3 is 2.83 bits per heavy atom. The van der Waals surface area contributed by atoms with E-state index in [4.69, 9.17) is 0 Å². The second-order valence-corrected chi connectivity index (χ2v) is 5.50. The molecule has 0 aliphatic heterocycles. The van der Waals surface area contributed by atoms with Gasteiger partial charge >= 0.3 is 0 Å². The number of aryl methyl sites for hydroxylation is 1. The summed E-state index contributed by atoms with van der Waals surface area (Å²) < 4.78 is 15.0. The summed E-state index contributed by atoms with van der Waals surface area (Å²) in [5.41, 5.74) is 0.513. The third-order valence-electron chi connectivity index (χ3n) is 3.74. The molecule has 0 fully saturated rings. The Morgan fingerprint density at radius 1 is 1.25 bits per heavy atom. The number of carbonyl (C=O) groups is 1. The van der Waals surface area contributed by atoms with E-state index in [0.717, 1.165) is 10.9 Å². The molecule has 122 valence electrons. The lowest BCUT2D eigenvalue weighted by Crippen LogP contribution is -2.32. The van der Waals surface area contributed by atoms with Gasteiger partial charge in [0.2, 0.25) is 0 Å². The molecule has 0 saturated carbocycles. The molecule has 24 heavy (non-hydrogen) atoms. The molecular formula is C18H16FN3O2. The van der Waals surface area contributed by atoms with Crippen molar-refractivity contribution >= 4 is 16.7 Å². The van der Waals surface area contributed by atoms with E-state index in [-0.39, 0.29) is 24.2 Å². The van der Waals surface area contributed by atoms with Crippen LogP contribution in [-0.2, 0) is 6.54 Å². The molecule has 1 N–H and O–H groups in total. The van der Waals surface area contributed by atoms with E-state index in [0.29, 0.717) is 5.39 Å². The average molecular weight is 325 g/mol. The molecule has 0 radical (unpaired) electrons. The molecule has 0 aliphatic rings. The minimum Gasteiger partial charge on any atom is -0.350 e. The molecule has 0 spiro atoms. The Morgan fingerprint density at radius 2 is 2.04 bits per heavy atom. The van der Waals surface area contributed by atoms with Gasteiger partial charge in [0.05, 0.1) is 23.7 Å². The molecule has 3 aromatic rings. The van der Waals surface area contributed by atoms with Crippen molar-refractivity contribution in [2.24, 2.45) is 0 Å². The maximum Gasteiger partial charge on any atom is 0.274 e. The fraction of sp³-hybridized carbons (Fsp3) is 0.167. The molecule has 1 heterocycles. The van der Waals surface area contributed by atoms with Crippen LogP contribution in [0.2, 0.25) is 0 Å². The summed E-state index contributed by atoms with van der Waals surface area (Å²) in [5, 5.41) is 8.03. The van der Waals surface area contributed by atoms with Crippen molar-refractivity contribution in [2.45, 2.75) is 13.5 Å². The Labute approximate surface area is 137 Å². The average Bonchev–Trinajstić information content (AvgIpc) is 2.57. The number of rotatable bonds is 4. The van der Waals surface area contributed by atoms with E-state index in [1.807, 2.05) is 12.1 Å². The molecule has 0 bridgehead atoms. The Bertz CT molecular complexity index is 966. The number of hydrogen-bond donors (Lipinski definition) is 1. The van der Waals surface area contributed by atoms with Crippen LogP contribution in [0, 0.1) is 12.7 Å². The molecule has 2 aromatic carbocycles. The highest BCUT2D eigenvalue weighted by Crippen LogP contribution is 2.09. The Balaban J connectivity index is 1.69. The molecule has 1 aromatic heterocycles. The highest BCUT2D eigenvalue weighted by molar-refractivity contribution is 5.94. The minimum absolute atomic E-state index is 0.0144. The molecule has 6 heteroatoms. The lowest BCUT2D eigenvalue weighted by Gasteiger charge is -2.08. The van der Waals surface area contributed by atoms with Gasteiger partial charge in [-0.15, -0.1) is 0 Å². The third kappa shape index (κ3) is 3.17. The molecule has 0 atom stereocenters. The van der Waals surface area contributed by atoms with Crippen LogP contribution in [0.3, 0.4) is 0 Å². The second kappa shape index (κ2) is 6.62. The predicted molar refractivity (Wildman–Crippen MR) is 89.5 cm³/mol. The standard InChI is InChI=1S/C18H16FN3O2/c1-12-6-7-15(16(19)10-12)17(23)20-8-9-22-18(24)14-5-3-2-4-13(14)11-21-22/h2-7,10-11H,8-9H2,1H3,(H,20,23). The Kier molecular flexibility index (Phi) is 4.37. The number of aromatic nitrogens is 2. The third-order valence-corrected chi connectivity index (χ3v) is 3.74. The maximum atomic E-state index is 13.8. The van der Waals surface area contributed by atoms with Crippen molar-refractivity contribution in [1.82, 2.24) is 15.1 Å². The first kappa shape index (κ1) is 15.9. The van der Waals surface area contributed by atoms with Gasteiger partial charge in [-0.25, -0.2) is 9.07 Å². The summed E-state index contributed by atoms with van der Waals surface area (Å²) in [6.45, 7) is 2.14. The molecule has 0 unspecified atom stereocenters. The maximum absolute atomic E-state index is 13.8. The van der Waals surface area contributed by atoms with Gasteiger partial charge in [-0.05, 0) is 30.7 Å². The smallest absolute Gasteiger partial charge is 0.274 e. The summed E-state index contributed by atoms with van der Waals surface area (Å²) in [5.74, 6) is -1.07. The topological polar surface area (TPSA) is 64.0 Å². The van der Waals surface area contributed by atoms with Crippen LogP contribution in [0.1, 0.15) is 15.9 Å². The van der Waals surface area contributed by atoms with Crippen LogP contribution in [0.15, 0.2) is 53.5 Å². The van der Waals surface area contributed by atoms with E-state index >= 15 is 0 Å². The Hall–Kier alpha value is -3.02. The summed E-state index contributed by atoms with van der Waals surface area (Å²) in [7, 11) is 0. The van der Waals surface area contributed by atoms with Crippen LogP contribution in [0.5, 0.6) is 0 Å². The normalized spacial score (nSPS) is 10.8. The SMILES string of the molecule is Cc1ccc(C(=O)NCCn2ncc3ccccc3c2=O)c(F)c1. The number of hydrogen-bond acceptors (Lipinski definition) is 3. The highest BCUT2D eigenvalue weighted by Gasteiger charge is 2.11. The largest absolute Gasteiger partial charge is 0.350 e. The van der Waals surface area contributed by atoms with Crippen LogP contribution < -0.4 is 10.9 Å². The second-order valence-electron chi connectivity index (χ2n) is 5.50. The van der Waals surface area contributed by atoms with Crippen molar-refractivity contribution in [3.63, 3.8) is 0 Å². The van der Waals surface area contributed by atoms with E-state index in [1.165, 1.54) is 16.8 Å². The lowest BCUT2D eigenvalue weighted by molar-refractivity contribution is 0.0947. The molecular weight excluding hydrogens is 309 g/mol. The van der Waals surface area contributed by atoms with E-state index in [1.54, 1.807) is 31.3 Å². The number of halogens is 1. The highest BCUT2D eigenvalue weighted by atomic mass is 19.1. The molecule has 5 nitrogen and oxygen atoms in total. The zero-order valence-corrected chi connectivity index (χ0v) is 13.1. The van der Waals surface area contributed by atoms with Gasteiger partial charge in [0, 0.05) is 11.9 Å². The van der Waals surface area contributed by atoms with Gasteiger partial charge in [0.1, 0.15) is 5.82 Å². The first-order valence-electron chi connectivity index (χ1n) is 7.55. The van der Waals surface area contributed by atoms with Crippen LogP contribution in [0.25, 0.3) is 10.8 Å². The first-order valence-corrected chi connectivity index (χ1v) is 7.55. The van der Waals surface area contributed by atoms with Gasteiger partial charge in [-0.3, -0.25) is 9.59 Å². The van der Waals surface area contributed by atoms with Crippen molar-refractivity contribution in [2.75, 3.05) is 6.54 Å². The summed E-state index contributed by atoms with van der Waals surface area (Å²) in [6.07, 6.45) is 1.61. The van der Waals surface area contributed by atoms with Crippen molar-refractivity contribution in [3.8, 4) is 0 Å². The fourth-order valence-electron chi connectivity index (χ4n) is 2.46. The molecule has 0 aliphatic carbocycles. The molecule has 0 saturated heterocycles. The number of fused-ring (bicyclic) bond motifs is 1. The van der Waals surface area contributed by atoms with E-state index in [2.05, 4.69) is 10.4 Å². The fourth-order valence-corrected chi connectivity index (χ4v) is 2.46. The summed E-state index contributed by atoms with van der Waals surface area (Å²) >= 11 is 0. The zero-order chi connectivity index (χ0) is 17.1. The van der Waals surface area contributed by atoms with Gasteiger partial charge in [0.15, 0.2) is 0 Å². The van der Waals surface area contributed by atoms with Crippen LogP contribution >= 0.6 is 0 Å². The number of amides is 1. The number of benzene rings is 2. The van der Waals surface area contributed by atoms with Gasteiger partial charge in [-0.1, -0.05) is 24.3 Å². The first-order chi connectivity index (χ1) is 11.6. The quantitative estimate of drug-likeness (QED) is 0.800. The van der Waals surface area contributed by atoms with Crippen LogP contribution in [-0.4, -0.2) is 22.2 Å². The predicted octanol–water partition coefficient (Wildman–Crippen LogP) is 2.27. The zero-order valence-electron chi connectivity index (χ0n) is 13.1. The minimum atomic E-state index is -0.562. The molecule has 1 amide bonds. The van der Waals surface area contributed by atoms with Gasteiger partial charge in [-0.2, -0.15) is 5.10 Å². The molecule has 3 rings (SSSR count). The number of nitrogens with zero attached hydrogens (tertiary/aromatic N) is 2.